The standard InChI is InChI=1S/C21H18N2O4/c24-18-5-3-17(4-6-18)23-21(26)8-2-15-1-7-20(19(25)13-15)27-14-16-9-11-22-12-10-16/h1-13,24-25H,14H2,(H,23,26)/b8-2+. The molecule has 0 bridgehead atoms. The number of carbonyl (C=O) groups excluding carboxylic acids is 1. The van der Waals surface area contributed by atoms with Gasteiger partial charge >= 0.3 is 0 Å². The number of phenolic OH excluding ortho intramolecular Hbond substituents is 2. The maximum atomic E-state index is 11.9. The lowest BCUT2D eigenvalue weighted by atomic mass is 10.2. The lowest BCUT2D eigenvalue weighted by Crippen LogP contribution is -2.07. The van der Waals surface area contributed by atoms with Gasteiger partial charge in [-0.2, -0.15) is 0 Å². The van der Waals surface area contributed by atoms with E-state index in [1.165, 1.54) is 24.3 Å². The number of hydrogen-bond donors (Lipinski definition) is 3. The third-order valence-corrected chi connectivity index (χ3v) is 3.69. The second kappa shape index (κ2) is 8.53. The van der Waals surface area contributed by atoms with Crippen LogP contribution < -0.4 is 10.1 Å². The number of benzene rings is 2. The van der Waals surface area contributed by atoms with Crippen molar-refractivity contribution in [2.75, 3.05) is 5.32 Å². The molecule has 0 fully saturated rings. The van der Waals surface area contributed by atoms with Gasteiger partial charge < -0.3 is 20.3 Å². The van der Waals surface area contributed by atoms with E-state index < -0.39 is 0 Å². The topological polar surface area (TPSA) is 91.7 Å². The van der Waals surface area contributed by atoms with E-state index in [1.54, 1.807) is 42.7 Å². The minimum Gasteiger partial charge on any atom is -0.508 e. The van der Waals surface area contributed by atoms with E-state index in [2.05, 4.69) is 10.3 Å². The number of nitrogens with one attached hydrogen (secondary N) is 1. The fourth-order valence-corrected chi connectivity index (χ4v) is 2.30. The molecule has 0 aliphatic rings. The summed E-state index contributed by atoms with van der Waals surface area (Å²) in [6.07, 6.45) is 6.30. The van der Waals surface area contributed by atoms with Crippen LogP contribution in [0.4, 0.5) is 5.69 Å². The van der Waals surface area contributed by atoms with Crippen LogP contribution in [0.1, 0.15) is 11.1 Å². The number of ether oxygens (including phenoxy) is 1. The van der Waals surface area contributed by atoms with Crippen LogP contribution in [0, 0.1) is 0 Å². The number of anilines is 1. The van der Waals surface area contributed by atoms with E-state index in [1.807, 2.05) is 12.1 Å². The summed E-state index contributed by atoms with van der Waals surface area (Å²) in [5.41, 5.74) is 2.18. The Morgan fingerprint density at radius 1 is 1.04 bits per heavy atom. The minimum atomic E-state index is -0.321. The number of aromatic hydroxyl groups is 2. The Morgan fingerprint density at radius 2 is 1.78 bits per heavy atom. The summed E-state index contributed by atoms with van der Waals surface area (Å²) < 4.78 is 5.59. The Hall–Kier alpha value is -3.80. The molecule has 2 aromatic carbocycles. The summed E-state index contributed by atoms with van der Waals surface area (Å²) in [7, 11) is 0. The predicted octanol–water partition coefficient (Wildman–Crippen LogP) is 3.72. The molecular weight excluding hydrogens is 344 g/mol. The van der Waals surface area contributed by atoms with Crippen molar-refractivity contribution in [1.82, 2.24) is 4.98 Å². The number of aromatic nitrogens is 1. The third kappa shape index (κ3) is 5.34. The molecule has 1 heterocycles. The molecule has 27 heavy (non-hydrogen) atoms. The maximum Gasteiger partial charge on any atom is 0.248 e. The number of nitrogens with zero attached hydrogens (tertiary/aromatic N) is 1. The monoisotopic (exact) mass is 362 g/mol. The highest BCUT2D eigenvalue weighted by atomic mass is 16.5. The molecule has 0 saturated carbocycles. The molecule has 1 amide bonds. The molecule has 3 rings (SSSR count). The number of amides is 1. The van der Waals surface area contributed by atoms with E-state index in [0.717, 1.165) is 5.56 Å². The summed E-state index contributed by atoms with van der Waals surface area (Å²) in [4.78, 5) is 15.9. The van der Waals surface area contributed by atoms with E-state index in [0.29, 0.717) is 23.6 Å². The van der Waals surface area contributed by atoms with Crippen LogP contribution in [0.25, 0.3) is 6.08 Å². The summed E-state index contributed by atoms with van der Waals surface area (Å²) >= 11 is 0. The van der Waals surface area contributed by atoms with Crippen molar-refractivity contribution >= 4 is 17.7 Å². The average Bonchev–Trinajstić information content (AvgIpc) is 2.68. The number of carbonyl (C=O) groups is 1. The van der Waals surface area contributed by atoms with Gasteiger partial charge in [-0.05, 0) is 65.7 Å². The molecule has 0 aliphatic heterocycles. The molecule has 0 saturated heterocycles. The van der Waals surface area contributed by atoms with E-state index in [9.17, 15) is 15.0 Å². The van der Waals surface area contributed by atoms with E-state index in [-0.39, 0.29) is 17.4 Å². The summed E-state index contributed by atoms with van der Waals surface area (Å²) in [5.74, 6) is 0.158. The molecule has 3 aromatic rings. The zero-order chi connectivity index (χ0) is 19.1. The minimum absolute atomic E-state index is 0.00912. The van der Waals surface area contributed by atoms with Crippen LogP contribution in [-0.2, 0) is 11.4 Å². The number of pyridine rings is 1. The van der Waals surface area contributed by atoms with Crippen LogP contribution in [0.5, 0.6) is 17.2 Å². The van der Waals surface area contributed by atoms with Gasteiger partial charge in [0.25, 0.3) is 0 Å². The molecule has 0 spiro atoms. The summed E-state index contributed by atoms with van der Waals surface area (Å²) in [5, 5.41) is 22.0. The van der Waals surface area contributed by atoms with Crippen molar-refractivity contribution in [3.63, 3.8) is 0 Å². The van der Waals surface area contributed by atoms with Crippen molar-refractivity contribution in [2.45, 2.75) is 6.61 Å². The van der Waals surface area contributed by atoms with Gasteiger partial charge in [-0.1, -0.05) is 6.07 Å². The maximum absolute atomic E-state index is 11.9. The van der Waals surface area contributed by atoms with Gasteiger partial charge in [0.1, 0.15) is 12.4 Å². The van der Waals surface area contributed by atoms with Gasteiger partial charge in [0.05, 0.1) is 0 Å². The van der Waals surface area contributed by atoms with Gasteiger partial charge in [-0.15, -0.1) is 0 Å². The Morgan fingerprint density at radius 3 is 2.48 bits per heavy atom. The molecule has 0 unspecified atom stereocenters. The lowest BCUT2D eigenvalue weighted by Gasteiger charge is -2.08. The normalized spacial score (nSPS) is 10.7. The van der Waals surface area contributed by atoms with Gasteiger partial charge in [-0.3, -0.25) is 9.78 Å². The molecule has 3 N–H and O–H groups in total. The first kappa shape index (κ1) is 18.0. The number of rotatable bonds is 6. The first-order chi connectivity index (χ1) is 13.1. The van der Waals surface area contributed by atoms with Crippen LogP contribution in [0.15, 0.2) is 73.1 Å². The molecule has 136 valence electrons. The highest BCUT2D eigenvalue weighted by Gasteiger charge is 2.04. The fourth-order valence-electron chi connectivity index (χ4n) is 2.30. The highest BCUT2D eigenvalue weighted by Crippen LogP contribution is 2.28. The Balaban J connectivity index is 1.58. The predicted molar refractivity (Wildman–Crippen MR) is 102 cm³/mol. The molecule has 1 aromatic heterocycles. The zero-order valence-corrected chi connectivity index (χ0v) is 14.4. The second-order valence-corrected chi connectivity index (χ2v) is 5.74. The Kier molecular flexibility index (Phi) is 5.69. The summed E-state index contributed by atoms with van der Waals surface area (Å²) in [6.45, 7) is 0.320. The van der Waals surface area contributed by atoms with Crippen molar-refractivity contribution in [3.8, 4) is 17.2 Å². The van der Waals surface area contributed by atoms with Gasteiger partial charge in [0.15, 0.2) is 11.5 Å². The fraction of sp³-hybridized carbons (Fsp3) is 0.0476. The molecule has 6 nitrogen and oxygen atoms in total. The smallest absolute Gasteiger partial charge is 0.248 e. The van der Waals surface area contributed by atoms with Crippen LogP contribution in [-0.4, -0.2) is 21.1 Å². The Bertz CT molecular complexity index is 938. The van der Waals surface area contributed by atoms with Crippen LogP contribution in [0.2, 0.25) is 0 Å². The largest absolute Gasteiger partial charge is 0.508 e. The van der Waals surface area contributed by atoms with Crippen molar-refractivity contribution in [3.05, 3.63) is 84.2 Å². The summed E-state index contributed by atoms with van der Waals surface area (Å²) in [6, 6.07) is 14.8. The van der Waals surface area contributed by atoms with Gasteiger partial charge in [0, 0.05) is 24.2 Å². The molecule has 0 radical (unpaired) electrons. The third-order valence-electron chi connectivity index (χ3n) is 3.69. The van der Waals surface area contributed by atoms with Crippen molar-refractivity contribution in [1.29, 1.82) is 0 Å². The first-order valence-electron chi connectivity index (χ1n) is 8.23. The van der Waals surface area contributed by atoms with E-state index >= 15 is 0 Å². The molecular formula is C21H18N2O4. The molecule has 0 atom stereocenters. The Labute approximate surface area is 156 Å². The average molecular weight is 362 g/mol. The van der Waals surface area contributed by atoms with Crippen molar-refractivity contribution < 1.29 is 19.7 Å². The SMILES string of the molecule is O=C(/C=C/c1ccc(OCc2ccncc2)c(O)c1)Nc1ccc(O)cc1. The first-order valence-corrected chi connectivity index (χ1v) is 8.23. The highest BCUT2D eigenvalue weighted by molar-refractivity contribution is 6.01. The zero-order valence-electron chi connectivity index (χ0n) is 14.4. The van der Waals surface area contributed by atoms with Crippen LogP contribution >= 0.6 is 0 Å². The number of phenols is 2. The second-order valence-electron chi connectivity index (χ2n) is 5.74. The molecule has 0 aliphatic carbocycles. The van der Waals surface area contributed by atoms with Crippen molar-refractivity contribution in [2.24, 2.45) is 0 Å². The number of hydrogen-bond acceptors (Lipinski definition) is 5. The lowest BCUT2D eigenvalue weighted by molar-refractivity contribution is -0.111. The van der Waals surface area contributed by atoms with E-state index in [4.69, 9.17) is 4.74 Å². The van der Waals surface area contributed by atoms with Crippen LogP contribution in [0.3, 0.4) is 0 Å². The van der Waals surface area contributed by atoms with Gasteiger partial charge in [0.2, 0.25) is 5.91 Å². The quantitative estimate of drug-likeness (QED) is 0.459. The molecule has 6 heteroatoms. The van der Waals surface area contributed by atoms with Gasteiger partial charge in [-0.25, -0.2) is 0 Å².